The van der Waals surface area contributed by atoms with Gasteiger partial charge in [-0.05, 0) is 43.2 Å². The van der Waals surface area contributed by atoms with Gasteiger partial charge < -0.3 is 0 Å². The Morgan fingerprint density at radius 1 is 1.05 bits per heavy atom. The Morgan fingerprint density at radius 3 is 2.36 bits per heavy atom. The molecule has 118 valence electrons. The van der Waals surface area contributed by atoms with Crippen molar-refractivity contribution in [2.45, 2.75) is 25.3 Å². The standard InChI is InChI=1S/C16H17F2NO2S/c1-11-4-5-13(12(2)8-11)10-19(3)22(20,21)16-9-14(17)6-7-15(16)18/h4-9H,10H2,1-3H3. The monoisotopic (exact) mass is 325 g/mol. The molecule has 0 fully saturated rings. The summed E-state index contributed by atoms with van der Waals surface area (Å²) in [7, 11) is -2.75. The molecular formula is C16H17F2NO2S. The number of rotatable bonds is 4. The van der Waals surface area contributed by atoms with Gasteiger partial charge in [-0.2, -0.15) is 4.31 Å². The number of hydrogen-bond donors (Lipinski definition) is 0. The van der Waals surface area contributed by atoms with Gasteiger partial charge in [0.1, 0.15) is 16.5 Å². The molecule has 0 heterocycles. The van der Waals surface area contributed by atoms with Crippen molar-refractivity contribution in [2.24, 2.45) is 0 Å². The summed E-state index contributed by atoms with van der Waals surface area (Å²) in [5, 5.41) is 0. The van der Waals surface area contributed by atoms with Gasteiger partial charge in [0.05, 0.1) is 0 Å². The van der Waals surface area contributed by atoms with E-state index in [9.17, 15) is 17.2 Å². The Labute approximate surface area is 129 Å². The molecule has 0 aliphatic carbocycles. The normalized spacial score (nSPS) is 11.9. The maximum atomic E-state index is 13.7. The predicted octanol–water partition coefficient (Wildman–Crippen LogP) is 3.40. The van der Waals surface area contributed by atoms with Crippen molar-refractivity contribution >= 4 is 10.0 Å². The molecule has 0 spiro atoms. The zero-order valence-corrected chi connectivity index (χ0v) is 13.4. The van der Waals surface area contributed by atoms with Gasteiger partial charge in [-0.3, -0.25) is 0 Å². The van der Waals surface area contributed by atoms with Crippen LogP contribution in [0.4, 0.5) is 8.78 Å². The number of sulfonamides is 1. The van der Waals surface area contributed by atoms with Gasteiger partial charge in [0.2, 0.25) is 10.0 Å². The first-order valence-corrected chi connectivity index (χ1v) is 8.13. The molecule has 0 aromatic heterocycles. The lowest BCUT2D eigenvalue weighted by atomic mass is 10.1. The average molecular weight is 325 g/mol. The Balaban J connectivity index is 2.35. The number of aryl methyl sites for hydroxylation is 2. The third-order valence-electron chi connectivity index (χ3n) is 3.47. The lowest BCUT2D eigenvalue weighted by Gasteiger charge is -2.19. The summed E-state index contributed by atoms with van der Waals surface area (Å²) >= 11 is 0. The van der Waals surface area contributed by atoms with Crippen molar-refractivity contribution in [3.63, 3.8) is 0 Å². The summed E-state index contributed by atoms with van der Waals surface area (Å²) in [4.78, 5) is -0.653. The van der Waals surface area contributed by atoms with Crippen LogP contribution in [0.1, 0.15) is 16.7 Å². The summed E-state index contributed by atoms with van der Waals surface area (Å²) in [6.45, 7) is 3.91. The fourth-order valence-electron chi connectivity index (χ4n) is 2.19. The van der Waals surface area contributed by atoms with Gasteiger partial charge in [-0.25, -0.2) is 17.2 Å². The SMILES string of the molecule is Cc1ccc(CN(C)S(=O)(=O)c2cc(F)ccc2F)c(C)c1. The minimum atomic E-state index is -4.10. The first-order valence-electron chi connectivity index (χ1n) is 6.69. The summed E-state index contributed by atoms with van der Waals surface area (Å²) in [6, 6.07) is 8.05. The van der Waals surface area contributed by atoms with Gasteiger partial charge in [-0.1, -0.05) is 23.8 Å². The van der Waals surface area contributed by atoms with Crippen molar-refractivity contribution in [3.05, 3.63) is 64.7 Å². The highest BCUT2D eigenvalue weighted by Crippen LogP contribution is 2.22. The average Bonchev–Trinajstić information content (AvgIpc) is 2.44. The summed E-state index contributed by atoms with van der Waals surface area (Å²) in [5.74, 6) is -1.76. The van der Waals surface area contributed by atoms with Crippen molar-refractivity contribution in [2.75, 3.05) is 7.05 Å². The molecule has 2 rings (SSSR count). The molecular weight excluding hydrogens is 308 g/mol. The van der Waals surface area contributed by atoms with E-state index in [1.54, 1.807) is 0 Å². The highest BCUT2D eigenvalue weighted by Gasteiger charge is 2.25. The molecule has 0 saturated carbocycles. The van der Waals surface area contributed by atoms with E-state index in [4.69, 9.17) is 0 Å². The van der Waals surface area contributed by atoms with Crippen molar-refractivity contribution in [1.82, 2.24) is 4.31 Å². The Bertz CT molecular complexity index is 804. The largest absolute Gasteiger partial charge is 0.246 e. The van der Waals surface area contributed by atoms with E-state index in [1.807, 2.05) is 32.0 Å². The Morgan fingerprint density at radius 2 is 1.73 bits per heavy atom. The third-order valence-corrected chi connectivity index (χ3v) is 5.29. The van der Waals surface area contributed by atoms with E-state index in [2.05, 4.69) is 0 Å². The summed E-state index contributed by atoms with van der Waals surface area (Å²) in [6.07, 6.45) is 0. The highest BCUT2D eigenvalue weighted by atomic mass is 32.2. The molecule has 0 N–H and O–H groups in total. The lowest BCUT2D eigenvalue weighted by molar-refractivity contribution is 0.457. The second kappa shape index (κ2) is 6.14. The molecule has 0 saturated heterocycles. The van der Waals surface area contributed by atoms with E-state index in [0.29, 0.717) is 6.07 Å². The van der Waals surface area contributed by atoms with Crippen LogP contribution < -0.4 is 0 Å². The maximum Gasteiger partial charge on any atom is 0.246 e. The number of hydrogen-bond acceptors (Lipinski definition) is 2. The Hall–Kier alpha value is -1.79. The molecule has 0 unspecified atom stereocenters. The second-order valence-corrected chi connectivity index (χ2v) is 7.28. The molecule has 22 heavy (non-hydrogen) atoms. The fourth-order valence-corrected chi connectivity index (χ4v) is 3.41. The van der Waals surface area contributed by atoms with Crippen LogP contribution in [0.2, 0.25) is 0 Å². The van der Waals surface area contributed by atoms with E-state index < -0.39 is 26.6 Å². The topological polar surface area (TPSA) is 37.4 Å². The van der Waals surface area contributed by atoms with Crippen LogP contribution in [-0.2, 0) is 16.6 Å². The highest BCUT2D eigenvalue weighted by molar-refractivity contribution is 7.89. The van der Waals surface area contributed by atoms with E-state index in [0.717, 1.165) is 33.1 Å². The summed E-state index contributed by atoms with van der Waals surface area (Å²) < 4.78 is 52.8. The molecule has 0 bridgehead atoms. The first kappa shape index (κ1) is 16.6. The van der Waals surface area contributed by atoms with Gasteiger partial charge in [0.25, 0.3) is 0 Å². The molecule has 0 radical (unpaired) electrons. The van der Waals surface area contributed by atoms with Gasteiger partial charge in [0, 0.05) is 13.6 Å². The zero-order chi connectivity index (χ0) is 16.5. The van der Waals surface area contributed by atoms with Crippen LogP contribution in [0.25, 0.3) is 0 Å². The number of benzene rings is 2. The minimum Gasteiger partial charge on any atom is -0.207 e. The molecule has 3 nitrogen and oxygen atoms in total. The van der Waals surface area contributed by atoms with E-state index >= 15 is 0 Å². The minimum absolute atomic E-state index is 0.0877. The fraction of sp³-hybridized carbons (Fsp3) is 0.250. The molecule has 0 aliphatic heterocycles. The molecule has 0 aliphatic rings. The number of halogens is 2. The van der Waals surface area contributed by atoms with Crippen LogP contribution in [-0.4, -0.2) is 19.8 Å². The van der Waals surface area contributed by atoms with Gasteiger partial charge in [0.15, 0.2) is 0 Å². The third kappa shape index (κ3) is 3.34. The van der Waals surface area contributed by atoms with E-state index in [1.165, 1.54) is 7.05 Å². The van der Waals surface area contributed by atoms with Crippen molar-refractivity contribution in [3.8, 4) is 0 Å². The lowest BCUT2D eigenvalue weighted by Crippen LogP contribution is -2.27. The predicted molar refractivity (Wildman–Crippen MR) is 80.9 cm³/mol. The first-order chi connectivity index (χ1) is 10.2. The molecule has 2 aromatic rings. The van der Waals surface area contributed by atoms with Gasteiger partial charge >= 0.3 is 0 Å². The summed E-state index contributed by atoms with van der Waals surface area (Å²) in [5.41, 5.74) is 2.83. The smallest absolute Gasteiger partial charge is 0.207 e. The van der Waals surface area contributed by atoms with Crippen LogP contribution >= 0.6 is 0 Å². The van der Waals surface area contributed by atoms with Crippen molar-refractivity contribution in [1.29, 1.82) is 0 Å². The Kier molecular flexibility index (Phi) is 4.63. The molecule has 2 aromatic carbocycles. The van der Waals surface area contributed by atoms with Crippen LogP contribution in [0.15, 0.2) is 41.3 Å². The molecule has 0 atom stereocenters. The van der Waals surface area contributed by atoms with E-state index in [-0.39, 0.29) is 6.54 Å². The zero-order valence-electron chi connectivity index (χ0n) is 12.6. The van der Waals surface area contributed by atoms with Gasteiger partial charge in [-0.15, -0.1) is 0 Å². The van der Waals surface area contributed by atoms with Crippen LogP contribution in [0, 0.1) is 25.5 Å². The van der Waals surface area contributed by atoms with Crippen molar-refractivity contribution < 1.29 is 17.2 Å². The quantitative estimate of drug-likeness (QED) is 0.864. The van der Waals surface area contributed by atoms with Crippen LogP contribution in [0.3, 0.4) is 0 Å². The van der Waals surface area contributed by atoms with Crippen LogP contribution in [0.5, 0.6) is 0 Å². The maximum absolute atomic E-state index is 13.7. The molecule has 0 amide bonds. The number of nitrogens with zero attached hydrogens (tertiary/aromatic N) is 1. The molecule has 6 heteroatoms. The second-order valence-electron chi connectivity index (χ2n) is 5.27.